The van der Waals surface area contributed by atoms with Crippen LogP contribution in [0.5, 0.6) is 5.75 Å². The van der Waals surface area contributed by atoms with E-state index >= 15 is 0 Å². The lowest BCUT2D eigenvalue weighted by Gasteiger charge is -2.11. The second-order valence-electron chi connectivity index (χ2n) is 5.68. The van der Waals surface area contributed by atoms with Crippen molar-refractivity contribution in [2.75, 3.05) is 25.5 Å². The Balaban J connectivity index is 1.49. The molecule has 0 aliphatic carbocycles. The Hall–Kier alpha value is -2.50. The average Bonchev–Trinajstić information content (AvgIpc) is 3.02. The highest BCUT2D eigenvalue weighted by Gasteiger charge is 2.08. The van der Waals surface area contributed by atoms with Gasteiger partial charge in [0, 0.05) is 22.1 Å². The number of hydrogen-bond acceptors (Lipinski definition) is 3. The van der Waals surface area contributed by atoms with Crippen molar-refractivity contribution in [3.63, 3.8) is 0 Å². The number of nitrogens with one attached hydrogen (secondary N) is 3. The second-order valence-corrected chi connectivity index (χ2v) is 6.12. The molecule has 25 heavy (non-hydrogen) atoms. The molecule has 2 aromatic carbocycles. The summed E-state index contributed by atoms with van der Waals surface area (Å²) in [6.45, 7) is 0.931. The average molecular weight is 358 g/mol. The van der Waals surface area contributed by atoms with E-state index in [4.69, 9.17) is 16.3 Å². The molecule has 130 valence electrons. The number of para-hydroxylation sites is 1. The van der Waals surface area contributed by atoms with Gasteiger partial charge in [-0.25, -0.2) is 0 Å². The molecule has 0 unspecified atom stereocenters. The van der Waals surface area contributed by atoms with Gasteiger partial charge in [0.15, 0.2) is 0 Å². The Bertz CT molecular complexity index is 876. The summed E-state index contributed by atoms with van der Waals surface area (Å²) in [7, 11) is 1.55. The van der Waals surface area contributed by atoms with Gasteiger partial charge in [-0.15, -0.1) is 0 Å². The molecule has 1 aromatic heterocycles. The van der Waals surface area contributed by atoms with E-state index in [9.17, 15) is 4.79 Å². The third-order valence-corrected chi connectivity index (χ3v) is 4.20. The molecular weight excluding hydrogens is 338 g/mol. The van der Waals surface area contributed by atoms with Crippen molar-refractivity contribution < 1.29 is 9.53 Å². The Kier molecular flexibility index (Phi) is 5.58. The SMILES string of the molecule is COc1ccc(Cl)cc1NC(=O)CNCCc1c[nH]c2ccccc12. The van der Waals surface area contributed by atoms with Crippen LogP contribution in [0, 0.1) is 0 Å². The number of fused-ring (bicyclic) bond motifs is 1. The first-order valence-corrected chi connectivity index (χ1v) is 8.44. The molecule has 1 heterocycles. The number of anilines is 1. The van der Waals surface area contributed by atoms with Gasteiger partial charge in [0.05, 0.1) is 19.3 Å². The molecule has 1 amide bonds. The minimum Gasteiger partial charge on any atom is -0.495 e. The van der Waals surface area contributed by atoms with E-state index in [1.165, 1.54) is 10.9 Å². The molecule has 6 heteroatoms. The maximum absolute atomic E-state index is 12.1. The molecule has 5 nitrogen and oxygen atoms in total. The van der Waals surface area contributed by atoms with Crippen molar-refractivity contribution in [3.05, 3.63) is 59.2 Å². The number of benzene rings is 2. The lowest BCUT2D eigenvalue weighted by atomic mass is 10.1. The van der Waals surface area contributed by atoms with Gasteiger partial charge in [-0.05, 0) is 42.8 Å². The minimum atomic E-state index is -0.139. The van der Waals surface area contributed by atoms with E-state index in [0.29, 0.717) is 23.0 Å². The number of aromatic nitrogens is 1. The molecule has 0 saturated carbocycles. The zero-order valence-electron chi connectivity index (χ0n) is 13.9. The van der Waals surface area contributed by atoms with Crippen LogP contribution >= 0.6 is 11.6 Å². The predicted molar refractivity (Wildman–Crippen MR) is 102 cm³/mol. The zero-order chi connectivity index (χ0) is 17.6. The van der Waals surface area contributed by atoms with Gasteiger partial charge in [-0.1, -0.05) is 29.8 Å². The lowest BCUT2D eigenvalue weighted by Crippen LogP contribution is -2.29. The van der Waals surface area contributed by atoms with Gasteiger partial charge in [0.1, 0.15) is 5.75 Å². The highest BCUT2D eigenvalue weighted by Crippen LogP contribution is 2.27. The number of ether oxygens (including phenoxy) is 1. The second kappa shape index (κ2) is 8.05. The van der Waals surface area contributed by atoms with Crippen molar-refractivity contribution in [2.24, 2.45) is 0 Å². The number of H-pyrrole nitrogens is 1. The largest absolute Gasteiger partial charge is 0.495 e. The van der Waals surface area contributed by atoms with E-state index in [2.05, 4.69) is 27.8 Å². The molecule has 0 saturated heterocycles. The van der Waals surface area contributed by atoms with Crippen molar-refractivity contribution in [1.29, 1.82) is 0 Å². The maximum atomic E-state index is 12.1. The van der Waals surface area contributed by atoms with E-state index < -0.39 is 0 Å². The number of methoxy groups -OCH3 is 1. The molecule has 0 radical (unpaired) electrons. The first kappa shape index (κ1) is 17.3. The van der Waals surface area contributed by atoms with Crippen LogP contribution in [0.2, 0.25) is 5.02 Å². The van der Waals surface area contributed by atoms with Crippen LogP contribution in [0.15, 0.2) is 48.7 Å². The molecule has 0 spiro atoms. The fraction of sp³-hybridized carbons (Fsp3) is 0.211. The van der Waals surface area contributed by atoms with Gasteiger partial charge in [-0.2, -0.15) is 0 Å². The number of amides is 1. The molecule has 0 aliphatic heterocycles. The smallest absolute Gasteiger partial charge is 0.238 e. The molecule has 3 rings (SSSR count). The summed E-state index contributed by atoms with van der Waals surface area (Å²) in [6, 6.07) is 13.3. The highest BCUT2D eigenvalue weighted by molar-refractivity contribution is 6.31. The molecule has 0 aliphatic rings. The molecule has 3 aromatic rings. The van der Waals surface area contributed by atoms with Gasteiger partial charge < -0.3 is 20.4 Å². The van der Waals surface area contributed by atoms with E-state index in [1.807, 2.05) is 18.3 Å². The summed E-state index contributed by atoms with van der Waals surface area (Å²) in [5.74, 6) is 0.441. The fourth-order valence-corrected chi connectivity index (χ4v) is 2.91. The van der Waals surface area contributed by atoms with Gasteiger partial charge in [-0.3, -0.25) is 4.79 Å². The molecule has 3 N–H and O–H groups in total. The number of halogens is 1. The van der Waals surface area contributed by atoms with Crippen LogP contribution in [0.1, 0.15) is 5.56 Å². The van der Waals surface area contributed by atoms with Crippen molar-refractivity contribution in [2.45, 2.75) is 6.42 Å². The van der Waals surface area contributed by atoms with Crippen molar-refractivity contribution >= 4 is 34.1 Å². The van der Waals surface area contributed by atoms with E-state index in [-0.39, 0.29) is 12.5 Å². The fourth-order valence-electron chi connectivity index (χ4n) is 2.74. The van der Waals surface area contributed by atoms with Crippen LogP contribution < -0.4 is 15.4 Å². The third-order valence-electron chi connectivity index (χ3n) is 3.97. The van der Waals surface area contributed by atoms with E-state index in [1.54, 1.807) is 25.3 Å². The Morgan fingerprint density at radius 1 is 1.24 bits per heavy atom. The Morgan fingerprint density at radius 2 is 2.08 bits per heavy atom. The Morgan fingerprint density at radius 3 is 2.92 bits per heavy atom. The number of carbonyl (C=O) groups excluding carboxylic acids is 1. The molecular formula is C19H20ClN3O2. The minimum absolute atomic E-state index is 0.139. The van der Waals surface area contributed by atoms with E-state index in [0.717, 1.165) is 11.9 Å². The van der Waals surface area contributed by atoms with Crippen molar-refractivity contribution in [3.8, 4) is 5.75 Å². The van der Waals surface area contributed by atoms with Crippen LogP contribution in [0.3, 0.4) is 0 Å². The molecule has 0 atom stereocenters. The quantitative estimate of drug-likeness (QED) is 0.566. The highest BCUT2D eigenvalue weighted by atomic mass is 35.5. The summed E-state index contributed by atoms with van der Waals surface area (Å²) >= 11 is 5.96. The summed E-state index contributed by atoms with van der Waals surface area (Å²) < 4.78 is 5.22. The number of carbonyl (C=O) groups is 1. The van der Waals surface area contributed by atoms with Gasteiger partial charge >= 0.3 is 0 Å². The lowest BCUT2D eigenvalue weighted by molar-refractivity contribution is -0.115. The van der Waals surface area contributed by atoms with Gasteiger partial charge in [0.25, 0.3) is 0 Å². The third kappa shape index (κ3) is 4.32. The Labute approximate surface area is 151 Å². The number of rotatable bonds is 7. The van der Waals surface area contributed by atoms with Gasteiger partial charge in [0.2, 0.25) is 5.91 Å². The maximum Gasteiger partial charge on any atom is 0.238 e. The summed E-state index contributed by atoms with van der Waals surface area (Å²) in [5, 5.41) is 7.73. The van der Waals surface area contributed by atoms with Crippen LogP contribution in [0.25, 0.3) is 10.9 Å². The van der Waals surface area contributed by atoms with Crippen molar-refractivity contribution in [1.82, 2.24) is 10.3 Å². The van der Waals surface area contributed by atoms with Crippen LogP contribution in [-0.4, -0.2) is 31.1 Å². The standard InChI is InChI=1S/C19H20ClN3O2/c1-25-18-7-6-14(20)10-17(18)23-19(24)12-21-9-8-13-11-22-16-5-3-2-4-15(13)16/h2-7,10-11,21-22H,8-9,12H2,1H3,(H,23,24). The number of hydrogen-bond donors (Lipinski definition) is 3. The van der Waals surface area contributed by atoms with Crippen LogP contribution in [0.4, 0.5) is 5.69 Å². The van der Waals surface area contributed by atoms with Crippen LogP contribution in [-0.2, 0) is 11.2 Å². The molecule has 0 bridgehead atoms. The first-order valence-electron chi connectivity index (χ1n) is 8.06. The topological polar surface area (TPSA) is 66.2 Å². The predicted octanol–water partition coefficient (Wildman–Crippen LogP) is 3.60. The number of aromatic amines is 1. The summed E-state index contributed by atoms with van der Waals surface area (Å²) in [4.78, 5) is 15.3. The first-order chi connectivity index (χ1) is 12.2. The zero-order valence-corrected chi connectivity index (χ0v) is 14.7. The summed E-state index contributed by atoms with van der Waals surface area (Å²) in [6.07, 6.45) is 2.86. The summed E-state index contributed by atoms with van der Waals surface area (Å²) in [5.41, 5.74) is 2.93. The normalized spacial score (nSPS) is 10.8. The molecule has 0 fully saturated rings. The monoisotopic (exact) mass is 357 g/mol.